The van der Waals surface area contributed by atoms with Crippen molar-refractivity contribution in [1.82, 2.24) is 19.8 Å². The van der Waals surface area contributed by atoms with Crippen molar-refractivity contribution < 1.29 is 0 Å². The van der Waals surface area contributed by atoms with Crippen LogP contribution in [0.4, 0.5) is 0 Å². The highest BCUT2D eigenvalue weighted by Crippen LogP contribution is 2.18. The SMILES string of the molecule is CCN(CCN1CCCCCC1)Cc1ccc(-c2cncnc2)cc1. The van der Waals surface area contributed by atoms with Crippen LogP contribution in [0.5, 0.6) is 0 Å². The summed E-state index contributed by atoms with van der Waals surface area (Å²) in [6, 6.07) is 8.82. The summed E-state index contributed by atoms with van der Waals surface area (Å²) in [6.45, 7) is 9.31. The zero-order chi connectivity index (χ0) is 17.3. The van der Waals surface area contributed by atoms with Crippen LogP contribution in [0.2, 0.25) is 0 Å². The first-order chi connectivity index (χ1) is 12.3. The molecule has 1 aliphatic rings. The third kappa shape index (κ3) is 5.62. The monoisotopic (exact) mass is 338 g/mol. The lowest BCUT2D eigenvalue weighted by Gasteiger charge is -2.26. The van der Waals surface area contributed by atoms with Crippen molar-refractivity contribution in [2.75, 3.05) is 32.7 Å². The van der Waals surface area contributed by atoms with E-state index in [0.717, 1.165) is 25.2 Å². The molecule has 3 rings (SSSR count). The lowest BCUT2D eigenvalue weighted by molar-refractivity contribution is 0.208. The van der Waals surface area contributed by atoms with Gasteiger partial charge in [0, 0.05) is 37.6 Å². The smallest absolute Gasteiger partial charge is 0.115 e. The number of likely N-dealkylation sites (N-methyl/N-ethyl adjacent to an activating group) is 1. The molecule has 4 heteroatoms. The second-order valence-electron chi connectivity index (χ2n) is 6.95. The van der Waals surface area contributed by atoms with E-state index >= 15 is 0 Å². The van der Waals surface area contributed by atoms with Crippen LogP contribution >= 0.6 is 0 Å². The van der Waals surface area contributed by atoms with E-state index in [1.54, 1.807) is 6.33 Å². The molecule has 2 heterocycles. The number of rotatable bonds is 7. The van der Waals surface area contributed by atoms with Gasteiger partial charge in [0.25, 0.3) is 0 Å². The summed E-state index contributed by atoms with van der Waals surface area (Å²) in [5.41, 5.74) is 3.62. The van der Waals surface area contributed by atoms with Crippen molar-refractivity contribution in [1.29, 1.82) is 0 Å². The van der Waals surface area contributed by atoms with E-state index in [1.165, 1.54) is 56.4 Å². The van der Waals surface area contributed by atoms with Gasteiger partial charge in [0.2, 0.25) is 0 Å². The Bertz CT molecular complexity index is 604. The van der Waals surface area contributed by atoms with Gasteiger partial charge in [-0.15, -0.1) is 0 Å². The molecule has 2 aromatic rings. The maximum absolute atomic E-state index is 4.10. The van der Waals surface area contributed by atoms with Crippen molar-refractivity contribution in [3.63, 3.8) is 0 Å². The molecule has 1 aliphatic heterocycles. The predicted octanol–water partition coefficient (Wildman–Crippen LogP) is 3.84. The molecule has 4 nitrogen and oxygen atoms in total. The van der Waals surface area contributed by atoms with Gasteiger partial charge in [0.1, 0.15) is 6.33 Å². The molecule has 0 radical (unpaired) electrons. The van der Waals surface area contributed by atoms with Gasteiger partial charge in [-0.05, 0) is 43.6 Å². The van der Waals surface area contributed by atoms with Crippen molar-refractivity contribution in [2.45, 2.75) is 39.2 Å². The molecular formula is C21H30N4. The summed E-state index contributed by atoms with van der Waals surface area (Å²) in [7, 11) is 0. The van der Waals surface area contributed by atoms with Crippen molar-refractivity contribution in [3.8, 4) is 11.1 Å². The summed E-state index contributed by atoms with van der Waals surface area (Å²) in [4.78, 5) is 13.4. The summed E-state index contributed by atoms with van der Waals surface area (Å²) in [5.74, 6) is 0. The maximum atomic E-state index is 4.10. The maximum Gasteiger partial charge on any atom is 0.115 e. The van der Waals surface area contributed by atoms with Gasteiger partial charge in [0.05, 0.1) is 0 Å². The molecule has 1 fully saturated rings. The first-order valence-corrected chi connectivity index (χ1v) is 9.64. The van der Waals surface area contributed by atoms with Crippen molar-refractivity contribution >= 4 is 0 Å². The van der Waals surface area contributed by atoms with Gasteiger partial charge >= 0.3 is 0 Å². The average molecular weight is 338 g/mol. The Morgan fingerprint density at radius 2 is 1.60 bits per heavy atom. The minimum atomic E-state index is 1.02. The first-order valence-electron chi connectivity index (χ1n) is 9.64. The highest BCUT2D eigenvalue weighted by atomic mass is 15.2. The highest BCUT2D eigenvalue weighted by Gasteiger charge is 2.11. The van der Waals surface area contributed by atoms with Gasteiger partial charge in [-0.2, -0.15) is 0 Å². The van der Waals surface area contributed by atoms with Crippen LogP contribution in [0.25, 0.3) is 11.1 Å². The average Bonchev–Trinajstić information content (AvgIpc) is 2.95. The normalized spacial score (nSPS) is 16.1. The highest BCUT2D eigenvalue weighted by molar-refractivity contribution is 5.61. The van der Waals surface area contributed by atoms with Gasteiger partial charge < -0.3 is 4.90 Å². The molecule has 0 aliphatic carbocycles. The molecule has 0 spiro atoms. The molecule has 25 heavy (non-hydrogen) atoms. The summed E-state index contributed by atoms with van der Waals surface area (Å²) in [5, 5.41) is 0. The van der Waals surface area contributed by atoms with Gasteiger partial charge in [-0.25, -0.2) is 9.97 Å². The number of likely N-dealkylation sites (tertiary alicyclic amines) is 1. The van der Waals surface area contributed by atoms with E-state index in [1.807, 2.05) is 12.4 Å². The molecule has 0 N–H and O–H groups in total. The summed E-state index contributed by atoms with van der Waals surface area (Å²) >= 11 is 0. The minimum Gasteiger partial charge on any atom is -0.302 e. The van der Waals surface area contributed by atoms with Crippen LogP contribution in [-0.4, -0.2) is 52.5 Å². The van der Waals surface area contributed by atoms with Crippen molar-refractivity contribution in [3.05, 3.63) is 48.5 Å². The number of hydrogen-bond donors (Lipinski definition) is 0. The molecular weight excluding hydrogens is 308 g/mol. The third-order valence-corrected chi connectivity index (χ3v) is 5.13. The molecule has 0 amide bonds. The largest absolute Gasteiger partial charge is 0.302 e. The molecule has 0 saturated carbocycles. The quantitative estimate of drug-likeness (QED) is 0.768. The Labute approximate surface area is 151 Å². The van der Waals surface area contributed by atoms with E-state index < -0.39 is 0 Å². The second-order valence-corrected chi connectivity index (χ2v) is 6.95. The number of nitrogens with zero attached hydrogens (tertiary/aromatic N) is 4. The van der Waals surface area contributed by atoms with Crippen molar-refractivity contribution in [2.24, 2.45) is 0 Å². The zero-order valence-electron chi connectivity index (χ0n) is 15.4. The third-order valence-electron chi connectivity index (χ3n) is 5.13. The minimum absolute atomic E-state index is 1.02. The summed E-state index contributed by atoms with van der Waals surface area (Å²) in [6.07, 6.45) is 10.9. The summed E-state index contributed by atoms with van der Waals surface area (Å²) < 4.78 is 0. The van der Waals surface area contributed by atoms with E-state index in [4.69, 9.17) is 0 Å². The van der Waals surface area contributed by atoms with Crippen LogP contribution < -0.4 is 0 Å². The van der Waals surface area contributed by atoms with Crippen LogP contribution in [-0.2, 0) is 6.54 Å². The Balaban J connectivity index is 1.52. The molecule has 1 aromatic carbocycles. The predicted molar refractivity (Wildman–Crippen MR) is 103 cm³/mol. The topological polar surface area (TPSA) is 32.3 Å². The van der Waals surface area contributed by atoms with Crippen LogP contribution in [0, 0.1) is 0 Å². The van der Waals surface area contributed by atoms with Crippen LogP contribution in [0.15, 0.2) is 43.0 Å². The molecule has 0 atom stereocenters. The molecule has 134 valence electrons. The fourth-order valence-electron chi connectivity index (χ4n) is 3.50. The standard InChI is InChI=1S/C21H30N4/c1-2-24(13-14-25-11-5-3-4-6-12-25)17-19-7-9-20(10-8-19)21-15-22-18-23-16-21/h7-10,15-16,18H,2-6,11-14,17H2,1H3. The van der Waals surface area contributed by atoms with E-state index in [0.29, 0.717) is 0 Å². The number of aromatic nitrogens is 2. The first kappa shape index (κ1) is 18.0. The Morgan fingerprint density at radius 3 is 2.24 bits per heavy atom. The molecule has 1 aromatic heterocycles. The second kappa shape index (κ2) is 9.64. The zero-order valence-corrected chi connectivity index (χ0v) is 15.4. The van der Waals surface area contributed by atoms with E-state index in [2.05, 4.69) is 51.0 Å². The van der Waals surface area contributed by atoms with Crippen LogP contribution in [0.3, 0.4) is 0 Å². The van der Waals surface area contributed by atoms with Gasteiger partial charge in [-0.1, -0.05) is 44.0 Å². The van der Waals surface area contributed by atoms with Crippen LogP contribution in [0.1, 0.15) is 38.2 Å². The molecule has 0 unspecified atom stereocenters. The van der Waals surface area contributed by atoms with Gasteiger partial charge in [-0.3, -0.25) is 4.90 Å². The molecule has 1 saturated heterocycles. The Hall–Kier alpha value is -1.78. The Kier molecular flexibility index (Phi) is 6.95. The fourth-order valence-corrected chi connectivity index (χ4v) is 3.50. The van der Waals surface area contributed by atoms with Gasteiger partial charge in [0.15, 0.2) is 0 Å². The fraction of sp³-hybridized carbons (Fsp3) is 0.524. The molecule has 0 bridgehead atoms. The number of hydrogen-bond acceptors (Lipinski definition) is 4. The van der Waals surface area contributed by atoms with E-state index in [9.17, 15) is 0 Å². The lowest BCUT2D eigenvalue weighted by atomic mass is 10.1. The Morgan fingerprint density at radius 1 is 0.920 bits per heavy atom. The lowest BCUT2D eigenvalue weighted by Crippen LogP contribution is -2.35. The van der Waals surface area contributed by atoms with E-state index in [-0.39, 0.29) is 0 Å². The number of benzene rings is 1.